The van der Waals surface area contributed by atoms with Gasteiger partial charge in [-0.2, -0.15) is 0 Å². The number of hydrogen-bond acceptors (Lipinski definition) is 10. The predicted octanol–water partition coefficient (Wildman–Crippen LogP) is 1.36. The van der Waals surface area contributed by atoms with E-state index in [1.165, 1.54) is 14.2 Å². The minimum Gasteiger partial charge on any atom is -0.468 e. The van der Waals surface area contributed by atoms with Crippen LogP contribution in [0.15, 0.2) is 40.5 Å². The summed E-state index contributed by atoms with van der Waals surface area (Å²) in [6.07, 6.45) is -1.11. The average Bonchev–Trinajstić information content (AvgIpc) is 3.26. The summed E-state index contributed by atoms with van der Waals surface area (Å²) in [5, 5.41) is 11.7. The summed E-state index contributed by atoms with van der Waals surface area (Å²) in [6, 6.07) is 6.82. The molecule has 186 valence electrons. The van der Waals surface area contributed by atoms with Crippen LogP contribution in [0.25, 0.3) is 0 Å². The Kier molecular flexibility index (Phi) is 8.30. The van der Waals surface area contributed by atoms with E-state index in [9.17, 15) is 14.4 Å². The number of primary amides is 1. The van der Waals surface area contributed by atoms with Crippen LogP contribution < -0.4 is 5.73 Å². The lowest BCUT2D eigenvalue weighted by Gasteiger charge is -2.33. The molecule has 1 aromatic heterocycles. The summed E-state index contributed by atoms with van der Waals surface area (Å²) in [5.74, 6) is -3.83. The number of aliphatic imine (C=N–C) groups is 1. The molecule has 0 fully saturated rings. The molecule has 0 bridgehead atoms. The highest BCUT2D eigenvalue weighted by Crippen LogP contribution is 2.45. The van der Waals surface area contributed by atoms with Crippen molar-refractivity contribution in [2.75, 3.05) is 20.8 Å². The fourth-order valence-corrected chi connectivity index (χ4v) is 4.28. The maximum atomic E-state index is 13.4. The number of tetrazole rings is 1. The Morgan fingerprint density at radius 3 is 2.54 bits per heavy atom. The molecule has 0 radical (unpaired) electrons. The second-order valence-electron chi connectivity index (χ2n) is 7.55. The number of halogens is 1. The molecule has 12 nitrogen and oxygen atoms in total. The first-order valence-corrected chi connectivity index (χ1v) is 11.0. The first-order chi connectivity index (χ1) is 16.7. The number of nitrogens with two attached hydrogens (primary N) is 1. The number of nitrogens with zero attached hydrogens (tertiary/aromatic N) is 5. The fourth-order valence-electron chi connectivity index (χ4n) is 4.02. The Hall–Kier alpha value is -3.64. The van der Waals surface area contributed by atoms with Crippen molar-refractivity contribution in [2.45, 2.75) is 32.4 Å². The first-order valence-electron chi connectivity index (χ1n) is 10.6. The number of methoxy groups -OCH3 is 2. The van der Waals surface area contributed by atoms with E-state index < -0.39 is 35.8 Å². The molecule has 0 spiro atoms. The third-order valence-corrected chi connectivity index (χ3v) is 5.79. The minimum atomic E-state index is -1.11. The molecule has 1 amide bonds. The fraction of sp³-hybridized carbons (Fsp3) is 0.409. The average molecular weight is 505 g/mol. The molecule has 0 saturated carbocycles. The third-order valence-electron chi connectivity index (χ3n) is 5.44. The molecule has 0 aliphatic carbocycles. The number of amides is 1. The Balaban J connectivity index is 2.34. The second-order valence-corrected chi connectivity index (χ2v) is 7.96. The first kappa shape index (κ1) is 26.0. The molecule has 13 heteroatoms. The molecule has 3 atom stereocenters. The Bertz CT molecular complexity index is 1190. The van der Waals surface area contributed by atoms with Crippen LogP contribution in [0, 0.1) is 5.92 Å². The molecule has 1 aliphatic rings. The van der Waals surface area contributed by atoms with Crippen LogP contribution in [0.1, 0.15) is 37.3 Å². The molecule has 35 heavy (non-hydrogen) atoms. The van der Waals surface area contributed by atoms with Crippen molar-refractivity contribution in [2.24, 2.45) is 16.6 Å². The molecular formula is C22H25ClN6O6. The molecule has 2 aromatic rings. The maximum absolute atomic E-state index is 13.4. The largest absolute Gasteiger partial charge is 0.468 e. The molecular weight excluding hydrogens is 480 g/mol. The predicted molar refractivity (Wildman–Crippen MR) is 123 cm³/mol. The Morgan fingerprint density at radius 2 is 1.94 bits per heavy atom. The lowest BCUT2D eigenvalue weighted by atomic mass is 9.75. The minimum absolute atomic E-state index is 0.0291. The van der Waals surface area contributed by atoms with Gasteiger partial charge >= 0.3 is 11.9 Å². The van der Waals surface area contributed by atoms with Gasteiger partial charge in [0.15, 0.2) is 11.9 Å². The lowest BCUT2D eigenvalue weighted by molar-refractivity contribution is -0.144. The number of ether oxygens (including phenoxy) is 3. The number of carbonyl (C=O) groups excluding carboxylic acids is 3. The molecule has 3 rings (SSSR count). The summed E-state index contributed by atoms with van der Waals surface area (Å²) in [4.78, 5) is 42.4. The van der Waals surface area contributed by atoms with Gasteiger partial charge in [-0.15, -0.1) is 5.10 Å². The number of rotatable bonds is 9. The van der Waals surface area contributed by atoms with Gasteiger partial charge in [-0.25, -0.2) is 9.48 Å². The van der Waals surface area contributed by atoms with Crippen LogP contribution in [-0.4, -0.2) is 64.6 Å². The van der Waals surface area contributed by atoms with E-state index in [0.29, 0.717) is 16.3 Å². The van der Waals surface area contributed by atoms with Crippen LogP contribution >= 0.6 is 11.6 Å². The normalized spacial score (nSPS) is 18.6. The number of esters is 2. The van der Waals surface area contributed by atoms with E-state index in [0.717, 1.165) is 4.68 Å². The van der Waals surface area contributed by atoms with Gasteiger partial charge in [0.1, 0.15) is 12.5 Å². The molecule has 2 N–H and O–H groups in total. The second kappa shape index (κ2) is 11.2. The monoisotopic (exact) mass is 504 g/mol. The van der Waals surface area contributed by atoms with Gasteiger partial charge in [0.2, 0.25) is 5.91 Å². The van der Waals surface area contributed by atoms with Crippen LogP contribution in [0.5, 0.6) is 0 Å². The van der Waals surface area contributed by atoms with Gasteiger partial charge in [0.05, 0.1) is 25.0 Å². The zero-order valence-corrected chi connectivity index (χ0v) is 20.4. The zero-order chi connectivity index (χ0) is 25.7. The van der Waals surface area contributed by atoms with Crippen molar-refractivity contribution < 1.29 is 28.6 Å². The van der Waals surface area contributed by atoms with Crippen molar-refractivity contribution in [3.8, 4) is 0 Å². The number of aromatic nitrogens is 4. The Labute approximate surface area is 206 Å². The van der Waals surface area contributed by atoms with Crippen molar-refractivity contribution >= 4 is 35.2 Å². The van der Waals surface area contributed by atoms with Crippen molar-refractivity contribution in [3.05, 3.63) is 51.9 Å². The maximum Gasteiger partial charge on any atom is 0.336 e. The number of benzene rings is 1. The summed E-state index contributed by atoms with van der Waals surface area (Å²) in [6.45, 7) is 3.02. The smallest absolute Gasteiger partial charge is 0.336 e. The molecule has 0 saturated heterocycles. The van der Waals surface area contributed by atoms with Gasteiger partial charge in [-0.1, -0.05) is 29.8 Å². The lowest BCUT2D eigenvalue weighted by Crippen LogP contribution is -2.37. The molecule has 2 heterocycles. The summed E-state index contributed by atoms with van der Waals surface area (Å²) < 4.78 is 17.2. The van der Waals surface area contributed by atoms with E-state index >= 15 is 0 Å². The van der Waals surface area contributed by atoms with Crippen molar-refractivity contribution in [1.29, 1.82) is 0 Å². The van der Waals surface area contributed by atoms with E-state index in [4.69, 9.17) is 31.5 Å². The van der Waals surface area contributed by atoms with Gasteiger partial charge in [0, 0.05) is 23.8 Å². The van der Waals surface area contributed by atoms with E-state index in [1.54, 1.807) is 38.1 Å². The third kappa shape index (κ3) is 5.23. The van der Waals surface area contributed by atoms with E-state index in [1.807, 2.05) is 0 Å². The van der Waals surface area contributed by atoms with Crippen LogP contribution in [0.4, 0.5) is 0 Å². The standard InChI is InChI=1S/C22H25ClN6O6/c1-5-35-22(32)17-16(12-8-6-7-9-13(12)23)15(21(31)34-4)11(2)25-18(17)19(33-3)20-26-27-28-29(20)10-14(24)30/h6-9,15-16,19H,5,10H2,1-4H3,(H2,24,30). The van der Waals surface area contributed by atoms with Gasteiger partial charge in [-0.05, 0) is 35.9 Å². The molecule has 1 aromatic carbocycles. The van der Waals surface area contributed by atoms with E-state index in [-0.39, 0.29) is 30.2 Å². The molecule has 1 aliphatic heterocycles. The summed E-state index contributed by atoms with van der Waals surface area (Å²) in [5.41, 5.74) is 6.29. The Morgan fingerprint density at radius 1 is 1.23 bits per heavy atom. The zero-order valence-electron chi connectivity index (χ0n) is 19.6. The van der Waals surface area contributed by atoms with Gasteiger partial charge in [-0.3, -0.25) is 14.6 Å². The SMILES string of the molecule is CCOC(=O)C1=C(C(OC)c2nnnn2CC(N)=O)N=C(C)C(C(=O)OC)C1c1ccccc1Cl. The molecule has 3 unspecified atom stereocenters. The number of hydrogen-bond donors (Lipinski definition) is 1. The van der Waals surface area contributed by atoms with Crippen LogP contribution in [-0.2, 0) is 35.1 Å². The van der Waals surface area contributed by atoms with Crippen molar-refractivity contribution in [1.82, 2.24) is 20.2 Å². The summed E-state index contributed by atoms with van der Waals surface area (Å²) in [7, 11) is 2.62. The van der Waals surface area contributed by atoms with Crippen LogP contribution in [0.3, 0.4) is 0 Å². The summed E-state index contributed by atoms with van der Waals surface area (Å²) >= 11 is 6.52. The highest BCUT2D eigenvalue weighted by Gasteiger charge is 2.46. The quantitative estimate of drug-likeness (QED) is 0.497. The number of carbonyl (C=O) groups is 3. The highest BCUT2D eigenvalue weighted by molar-refractivity contribution is 6.31. The van der Waals surface area contributed by atoms with Gasteiger partial charge in [0.25, 0.3) is 0 Å². The van der Waals surface area contributed by atoms with Gasteiger partial charge < -0.3 is 19.9 Å². The topological polar surface area (TPSA) is 161 Å². The van der Waals surface area contributed by atoms with Crippen LogP contribution in [0.2, 0.25) is 5.02 Å². The van der Waals surface area contributed by atoms with E-state index in [2.05, 4.69) is 20.5 Å². The van der Waals surface area contributed by atoms with Crippen molar-refractivity contribution in [3.63, 3.8) is 0 Å². The highest BCUT2D eigenvalue weighted by atomic mass is 35.5.